The van der Waals surface area contributed by atoms with Crippen LogP contribution in [0.4, 0.5) is 0 Å². The van der Waals surface area contributed by atoms with E-state index in [-0.39, 0.29) is 6.04 Å². The molecule has 2 aromatic carbocycles. The summed E-state index contributed by atoms with van der Waals surface area (Å²) < 4.78 is 1.95. The number of rotatable bonds is 3. The molecule has 1 radical (unpaired) electrons. The minimum absolute atomic E-state index is 0.0860. The molecular formula is C19H16N3O. The van der Waals surface area contributed by atoms with Crippen molar-refractivity contribution in [2.75, 3.05) is 0 Å². The molecule has 3 rings (SSSR count). The largest absolute Gasteiger partial charge is 0.364 e. The van der Waals surface area contributed by atoms with Gasteiger partial charge in [-0.15, -0.1) is 0 Å². The number of hydrogen-bond acceptors (Lipinski definition) is 2. The summed E-state index contributed by atoms with van der Waals surface area (Å²) in [5, 5.41) is 9.91. The van der Waals surface area contributed by atoms with Gasteiger partial charge in [0.1, 0.15) is 5.69 Å². The Morgan fingerprint density at radius 1 is 1.26 bits per heavy atom. The summed E-state index contributed by atoms with van der Waals surface area (Å²) in [6.45, 7) is 4.03. The van der Waals surface area contributed by atoms with Gasteiger partial charge in [0, 0.05) is 17.0 Å². The highest BCUT2D eigenvalue weighted by Gasteiger charge is 2.23. The topological polar surface area (TPSA) is 71.8 Å². The first-order valence-corrected chi connectivity index (χ1v) is 7.39. The van der Waals surface area contributed by atoms with Gasteiger partial charge in [0.25, 0.3) is 5.91 Å². The lowest BCUT2D eigenvalue weighted by Gasteiger charge is -2.13. The van der Waals surface area contributed by atoms with Crippen molar-refractivity contribution in [1.29, 1.82) is 5.26 Å². The monoisotopic (exact) mass is 302 g/mol. The average molecular weight is 302 g/mol. The number of amides is 1. The third kappa shape index (κ3) is 2.36. The van der Waals surface area contributed by atoms with Gasteiger partial charge < -0.3 is 10.3 Å². The Hall–Kier alpha value is -3.06. The Labute approximate surface area is 134 Å². The average Bonchev–Trinajstić information content (AvgIpc) is 2.90. The van der Waals surface area contributed by atoms with Gasteiger partial charge in [-0.25, -0.2) is 0 Å². The van der Waals surface area contributed by atoms with E-state index in [0.29, 0.717) is 11.3 Å². The predicted molar refractivity (Wildman–Crippen MR) is 89.8 cm³/mol. The Balaban J connectivity index is 2.41. The normalized spacial score (nSPS) is 10.9. The molecule has 0 aliphatic carbocycles. The fourth-order valence-electron chi connectivity index (χ4n) is 2.98. The molecule has 0 unspecified atom stereocenters. The van der Waals surface area contributed by atoms with Gasteiger partial charge in [-0.3, -0.25) is 4.79 Å². The van der Waals surface area contributed by atoms with E-state index in [2.05, 4.69) is 12.1 Å². The molecule has 1 amide bonds. The molecule has 113 valence electrons. The number of carbonyl (C=O) groups is 1. The van der Waals surface area contributed by atoms with Crippen LogP contribution >= 0.6 is 0 Å². The number of nitriles is 1. The maximum absolute atomic E-state index is 12.2. The number of primary amides is 1. The molecule has 0 bridgehead atoms. The maximum Gasteiger partial charge on any atom is 0.266 e. The van der Waals surface area contributed by atoms with Crippen LogP contribution in [0.2, 0.25) is 0 Å². The first-order valence-electron chi connectivity index (χ1n) is 7.39. The van der Waals surface area contributed by atoms with Gasteiger partial charge in [0.2, 0.25) is 0 Å². The molecule has 4 heteroatoms. The maximum atomic E-state index is 12.2. The highest BCUT2D eigenvalue weighted by atomic mass is 16.1. The molecule has 0 saturated carbocycles. The predicted octanol–water partition coefficient (Wildman–Crippen LogP) is 3.66. The Morgan fingerprint density at radius 2 is 1.96 bits per heavy atom. The first kappa shape index (κ1) is 14.9. The van der Waals surface area contributed by atoms with E-state index in [1.54, 1.807) is 12.1 Å². The molecular weight excluding hydrogens is 286 g/mol. The molecule has 1 aromatic heterocycles. The van der Waals surface area contributed by atoms with E-state index in [9.17, 15) is 4.79 Å². The number of fused-ring (bicyclic) bond motifs is 1. The second kappa shape index (κ2) is 5.62. The van der Waals surface area contributed by atoms with Crippen LogP contribution in [0, 0.1) is 17.4 Å². The second-order valence-electron chi connectivity index (χ2n) is 5.68. The molecule has 1 heterocycles. The molecule has 4 nitrogen and oxygen atoms in total. The lowest BCUT2D eigenvalue weighted by Crippen LogP contribution is -2.19. The van der Waals surface area contributed by atoms with Crippen LogP contribution in [0.1, 0.15) is 35.9 Å². The van der Waals surface area contributed by atoms with Crippen molar-refractivity contribution >= 4 is 16.8 Å². The lowest BCUT2D eigenvalue weighted by atomic mass is 10.0. The van der Waals surface area contributed by atoms with Crippen molar-refractivity contribution in [2.24, 2.45) is 5.73 Å². The molecule has 0 atom stereocenters. The minimum Gasteiger partial charge on any atom is -0.364 e. The van der Waals surface area contributed by atoms with Gasteiger partial charge in [-0.05, 0) is 43.7 Å². The molecule has 0 aliphatic rings. The third-order valence-corrected chi connectivity index (χ3v) is 3.90. The summed E-state index contributed by atoms with van der Waals surface area (Å²) in [5.41, 5.74) is 9.35. The second-order valence-corrected chi connectivity index (χ2v) is 5.68. The van der Waals surface area contributed by atoms with Gasteiger partial charge in [-0.1, -0.05) is 24.3 Å². The Bertz CT molecular complexity index is 928. The van der Waals surface area contributed by atoms with Crippen molar-refractivity contribution in [2.45, 2.75) is 19.9 Å². The van der Waals surface area contributed by atoms with E-state index < -0.39 is 5.91 Å². The van der Waals surface area contributed by atoms with E-state index in [1.165, 1.54) is 0 Å². The highest BCUT2D eigenvalue weighted by molar-refractivity contribution is 6.10. The third-order valence-electron chi connectivity index (χ3n) is 3.90. The zero-order chi connectivity index (χ0) is 16.6. The van der Waals surface area contributed by atoms with Gasteiger partial charge >= 0.3 is 0 Å². The number of hydrogen-bond donors (Lipinski definition) is 1. The van der Waals surface area contributed by atoms with Gasteiger partial charge in [0.15, 0.2) is 0 Å². The molecule has 0 fully saturated rings. The zero-order valence-corrected chi connectivity index (χ0v) is 13.0. The van der Waals surface area contributed by atoms with E-state index in [0.717, 1.165) is 22.0 Å². The van der Waals surface area contributed by atoms with Crippen LogP contribution in [0.5, 0.6) is 0 Å². The van der Waals surface area contributed by atoms with E-state index in [4.69, 9.17) is 11.0 Å². The van der Waals surface area contributed by atoms with Crippen LogP contribution in [-0.2, 0) is 0 Å². The summed E-state index contributed by atoms with van der Waals surface area (Å²) >= 11 is 0. The number of carbonyl (C=O) groups excluding carboxylic acids is 1. The molecule has 3 aromatic rings. The molecule has 23 heavy (non-hydrogen) atoms. The summed E-state index contributed by atoms with van der Waals surface area (Å²) in [6.07, 6.45) is 0. The molecule has 2 N–H and O–H groups in total. The van der Waals surface area contributed by atoms with Gasteiger partial charge in [-0.2, -0.15) is 5.26 Å². The lowest BCUT2D eigenvalue weighted by molar-refractivity contribution is 0.0991. The zero-order valence-electron chi connectivity index (χ0n) is 13.0. The standard InChI is InChI=1S/C19H16N3O/c1-12(2)22-16-6-4-3-5-15(16)17(18(22)19(21)23)14-9-7-13(11-20)8-10-14/h3,5-10,12H,1-2H3,(H2,21,23). The van der Waals surface area contributed by atoms with Crippen LogP contribution in [0.25, 0.3) is 22.0 Å². The number of aromatic nitrogens is 1. The van der Waals surface area contributed by atoms with Crippen LogP contribution < -0.4 is 5.73 Å². The minimum atomic E-state index is -0.464. The van der Waals surface area contributed by atoms with Gasteiger partial charge in [0.05, 0.1) is 17.1 Å². The van der Waals surface area contributed by atoms with Crippen LogP contribution in [0.15, 0.2) is 42.5 Å². The van der Waals surface area contributed by atoms with E-state index in [1.807, 2.05) is 48.7 Å². The summed E-state index contributed by atoms with van der Waals surface area (Å²) in [7, 11) is 0. The number of benzene rings is 2. The summed E-state index contributed by atoms with van der Waals surface area (Å²) in [5.74, 6) is -0.464. The Kier molecular flexibility index (Phi) is 3.63. The fraction of sp³-hybridized carbons (Fsp3) is 0.158. The summed E-state index contributed by atoms with van der Waals surface area (Å²) in [4.78, 5) is 12.2. The van der Waals surface area contributed by atoms with E-state index >= 15 is 0 Å². The van der Waals surface area contributed by atoms with Crippen molar-refractivity contribution in [3.05, 3.63) is 59.8 Å². The number of nitrogens with zero attached hydrogens (tertiary/aromatic N) is 2. The molecule has 0 aliphatic heterocycles. The SMILES string of the molecule is CC(C)n1c(C(N)=O)c(-c2ccc(C#N)cc2)c2cc[c]cc21. The smallest absolute Gasteiger partial charge is 0.266 e. The van der Waals surface area contributed by atoms with Crippen LogP contribution in [0.3, 0.4) is 0 Å². The van der Waals surface area contributed by atoms with Crippen LogP contribution in [-0.4, -0.2) is 10.5 Å². The first-order chi connectivity index (χ1) is 11.0. The van der Waals surface area contributed by atoms with Crippen molar-refractivity contribution in [1.82, 2.24) is 4.57 Å². The molecule has 0 spiro atoms. The van der Waals surface area contributed by atoms with Crippen molar-refractivity contribution in [3.8, 4) is 17.2 Å². The van der Waals surface area contributed by atoms with Crippen molar-refractivity contribution in [3.63, 3.8) is 0 Å². The Morgan fingerprint density at radius 3 is 2.52 bits per heavy atom. The quantitative estimate of drug-likeness (QED) is 0.802. The highest BCUT2D eigenvalue weighted by Crippen LogP contribution is 2.36. The fourth-order valence-corrected chi connectivity index (χ4v) is 2.98. The van der Waals surface area contributed by atoms with Crippen molar-refractivity contribution < 1.29 is 4.79 Å². The number of nitrogens with two attached hydrogens (primary N) is 1. The summed E-state index contributed by atoms with van der Waals surface area (Å²) in [6, 6.07) is 18.1. The molecule has 0 saturated heterocycles.